The van der Waals surface area contributed by atoms with Crippen molar-refractivity contribution >= 4 is 53.2 Å². The summed E-state index contributed by atoms with van der Waals surface area (Å²) in [6.07, 6.45) is -19.7. The molecule has 0 radical (unpaired) electrons. The molecule has 0 aromatic rings. The number of ketones is 3. The van der Waals surface area contributed by atoms with E-state index >= 15 is 0 Å². The van der Waals surface area contributed by atoms with Gasteiger partial charge in [0.1, 0.15) is 0 Å². The number of Topliss-reactive ketones (excluding diaryl/α,β-unsaturated/α-hetero) is 3. The van der Waals surface area contributed by atoms with E-state index in [1.807, 2.05) is 0 Å². The number of aliphatic carboxylic acids is 6. The van der Waals surface area contributed by atoms with Crippen molar-refractivity contribution in [3.05, 3.63) is 0 Å². The average Bonchev–Trinajstić information content (AvgIpc) is 3.53. The largest absolute Gasteiger partial charge is 3.00 e. The van der Waals surface area contributed by atoms with Gasteiger partial charge in [0.05, 0.1) is 34.2 Å². The molecule has 6 atom stereocenters. The van der Waals surface area contributed by atoms with Gasteiger partial charge >= 0.3 is 117 Å². The van der Waals surface area contributed by atoms with Gasteiger partial charge in [-0.25, -0.2) is 0 Å². The average molecular weight is 1190 g/mol. The molecule has 62 heavy (non-hydrogen) atoms. The Hall–Kier alpha value is -1.63. The minimum atomic E-state index is -5.39. The van der Waals surface area contributed by atoms with Crippen LogP contribution in [0.1, 0.15) is 101 Å². The number of hydrogen-bond acceptors (Lipinski definition) is 15. The predicted molar refractivity (Wildman–Crippen MR) is 164 cm³/mol. The SMILES string of the molecule is CC1(C(=O)[O-])CCC(C(=O)[O-])(C(=O)C(F)(F)F)C1(C)C.CC1(C(=O)[O-])CCC(C(=O)[O-])(C(=O)C(F)(F)F)C1(C)C.CC1(C(=O)[O-])CCC(C(=O)[O-])(C(=O)C(F)(F)F)C1(C)C.[Eu+3].[Eu+3]. The van der Waals surface area contributed by atoms with Crippen molar-refractivity contribution < 1.29 is 212 Å². The first-order chi connectivity index (χ1) is 26.2. The van der Waals surface area contributed by atoms with Crippen LogP contribution in [0.25, 0.3) is 0 Å². The minimum Gasteiger partial charge on any atom is -0.550 e. The van der Waals surface area contributed by atoms with Gasteiger partial charge in [-0.05, 0) is 54.8 Å². The number of rotatable bonds is 9. The Morgan fingerprint density at radius 1 is 0.323 bits per heavy atom. The third-order valence-corrected chi connectivity index (χ3v) is 14.7. The molecule has 0 heterocycles. The van der Waals surface area contributed by atoms with Crippen molar-refractivity contribution in [2.75, 3.05) is 0 Å². The summed E-state index contributed by atoms with van der Waals surface area (Å²) in [5.74, 6) is -19.2. The van der Waals surface area contributed by atoms with Crippen LogP contribution in [-0.4, -0.2) is 71.7 Å². The molecule has 0 saturated heterocycles. The molecule has 3 rings (SSSR count). The molecular formula is C36H39Eu2F9O15. The van der Waals surface area contributed by atoms with Crippen LogP contribution in [0.3, 0.4) is 0 Å². The topological polar surface area (TPSA) is 292 Å². The van der Waals surface area contributed by atoms with Gasteiger partial charge in [0.15, 0.2) is 0 Å². The number of carbonyl (C=O) groups excluding carboxylic acids is 9. The van der Waals surface area contributed by atoms with Gasteiger partial charge < -0.3 is 59.4 Å². The van der Waals surface area contributed by atoms with Gasteiger partial charge in [0, 0.05) is 34.2 Å². The van der Waals surface area contributed by atoms with E-state index in [1.54, 1.807) is 0 Å². The zero-order valence-corrected chi connectivity index (χ0v) is 38.9. The Labute approximate surface area is 428 Å². The van der Waals surface area contributed by atoms with Crippen molar-refractivity contribution in [3.63, 3.8) is 0 Å². The molecule has 15 nitrogen and oxygen atoms in total. The van der Waals surface area contributed by atoms with Gasteiger partial charge in [-0.2, -0.15) is 39.5 Å². The quantitative estimate of drug-likeness (QED) is 0.184. The smallest absolute Gasteiger partial charge is 0.550 e. The number of halogens is 9. The maximum Gasteiger partial charge on any atom is 3.00 e. The first-order valence-corrected chi connectivity index (χ1v) is 17.4. The molecule has 3 aliphatic carbocycles. The standard InChI is InChI=1S/3C12H15F3O5.2Eu/c3*1-9(2)10(3,7(17)18)4-5-11(9,8(19)20)6(16)12(13,14)15;;/h3*4-5H2,1-3H3,(H,17,18)(H,19,20);;/q;;;2*+3/p-6. The molecule has 3 fully saturated rings. The first kappa shape index (κ1) is 62.5. The summed E-state index contributed by atoms with van der Waals surface area (Å²) >= 11 is 0. The molecule has 0 aliphatic heterocycles. The molecule has 0 N–H and O–H groups in total. The summed E-state index contributed by atoms with van der Waals surface area (Å²) in [5.41, 5.74) is -20.5. The Kier molecular flexibility index (Phi) is 19.1. The van der Waals surface area contributed by atoms with Crippen LogP contribution in [0.15, 0.2) is 0 Å². The second-order valence-electron chi connectivity index (χ2n) is 17.3. The Morgan fingerprint density at radius 3 is 0.548 bits per heavy atom. The Bertz CT molecular complexity index is 1670. The zero-order valence-electron chi connectivity index (χ0n) is 34.0. The second-order valence-corrected chi connectivity index (χ2v) is 17.3. The van der Waals surface area contributed by atoms with Crippen molar-refractivity contribution in [2.24, 2.45) is 48.7 Å². The minimum absolute atomic E-state index is 0. The predicted octanol–water partition coefficient (Wildman–Crippen LogP) is -1.71. The summed E-state index contributed by atoms with van der Waals surface area (Å²) in [7, 11) is 0. The van der Waals surface area contributed by atoms with Crippen LogP contribution >= 0.6 is 0 Å². The fourth-order valence-electron chi connectivity index (χ4n) is 8.94. The van der Waals surface area contributed by atoms with E-state index in [9.17, 15) is 113 Å². The number of carbonyl (C=O) groups is 9. The molecule has 0 spiro atoms. The first-order valence-electron chi connectivity index (χ1n) is 17.4. The Morgan fingerprint density at radius 2 is 0.468 bits per heavy atom. The van der Waals surface area contributed by atoms with Crippen molar-refractivity contribution in [3.8, 4) is 0 Å². The molecule has 26 heteroatoms. The fraction of sp³-hybridized carbons (Fsp3) is 0.750. The van der Waals surface area contributed by atoms with E-state index in [-0.39, 0.29) is 98.8 Å². The molecular weight excluding hydrogens is 1150 g/mol. The molecule has 3 aliphatic rings. The van der Waals surface area contributed by atoms with Gasteiger partial charge in [0.2, 0.25) is 17.3 Å². The van der Waals surface area contributed by atoms with Crippen LogP contribution in [0.2, 0.25) is 0 Å². The second kappa shape index (κ2) is 18.9. The van der Waals surface area contributed by atoms with Crippen molar-refractivity contribution in [2.45, 2.75) is 119 Å². The monoisotopic (exact) mass is 1190 g/mol. The molecule has 350 valence electrons. The van der Waals surface area contributed by atoms with Crippen LogP contribution < -0.4 is 30.6 Å². The summed E-state index contributed by atoms with van der Waals surface area (Å²) in [4.78, 5) is 102. The molecule has 0 amide bonds. The Balaban J connectivity index is 0. The van der Waals surface area contributed by atoms with E-state index in [0.29, 0.717) is 0 Å². The maximum absolute atomic E-state index is 12.7. The van der Waals surface area contributed by atoms with Crippen molar-refractivity contribution in [1.29, 1.82) is 0 Å². The third kappa shape index (κ3) is 9.09. The molecule has 0 bridgehead atoms. The van der Waals surface area contributed by atoms with Gasteiger partial charge in [-0.1, -0.05) is 62.3 Å². The maximum atomic E-state index is 12.7. The van der Waals surface area contributed by atoms with Crippen LogP contribution in [0.5, 0.6) is 0 Å². The summed E-state index contributed by atoms with van der Waals surface area (Å²) in [5, 5.41) is 67.5. The van der Waals surface area contributed by atoms with E-state index in [4.69, 9.17) is 0 Å². The van der Waals surface area contributed by atoms with E-state index in [0.717, 1.165) is 62.3 Å². The molecule has 0 aromatic heterocycles. The van der Waals surface area contributed by atoms with Crippen LogP contribution in [-0.2, 0) is 43.2 Å². The summed E-state index contributed by atoms with van der Waals surface area (Å²) in [6.45, 7) is 9.30. The van der Waals surface area contributed by atoms with Crippen LogP contribution in [0, 0.1) is 147 Å². The third-order valence-electron chi connectivity index (χ3n) is 14.7. The molecule has 3 saturated carbocycles. The van der Waals surface area contributed by atoms with E-state index < -0.39 is 159 Å². The normalized spacial score (nSPS) is 31.8. The van der Waals surface area contributed by atoms with Gasteiger partial charge in [0.25, 0.3) is 0 Å². The van der Waals surface area contributed by atoms with Crippen LogP contribution in [0.4, 0.5) is 39.5 Å². The fourth-order valence-corrected chi connectivity index (χ4v) is 8.94. The molecule has 6 unspecified atom stereocenters. The summed E-state index contributed by atoms with van der Waals surface area (Å²) in [6, 6.07) is 0. The number of hydrogen-bond donors (Lipinski definition) is 0. The zero-order chi connectivity index (χ0) is 48.4. The summed E-state index contributed by atoms with van der Waals surface area (Å²) < 4.78 is 114. The number of alkyl halides is 9. The number of carboxylic acids is 6. The van der Waals surface area contributed by atoms with Gasteiger partial charge in [-0.15, -0.1) is 0 Å². The van der Waals surface area contributed by atoms with Crippen molar-refractivity contribution in [1.82, 2.24) is 0 Å². The van der Waals surface area contributed by atoms with Gasteiger partial charge in [-0.3, -0.25) is 14.4 Å². The number of carboxylic acid groups (broad SMARTS) is 6. The van der Waals surface area contributed by atoms with E-state index in [2.05, 4.69) is 0 Å². The molecule has 0 aromatic carbocycles. The van der Waals surface area contributed by atoms with E-state index in [1.165, 1.54) is 0 Å².